The average molecular weight is 279 g/mol. The van der Waals surface area contributed by atoms with E-state index in [2.05, 4.69) is 24.3 Å². The lowest BCUT2D eigenvalue weighted by atomic mass is 9.89. The maximum atomic E-state index is 14.0. The van der Waals surface area contributed by atoms with Gasteiger partial charge in [-0.05, 0) is 40.9 Å². The summed E-state index contributed by atoms with van der Waals surface area (Å²) >= 11 is 0. The number of rotatable bonds is 4. The highest BCUT2D eigenvalue weighted by Crippen LogP contribution is 2.26. The lowest BCUT2D eigenvalue weighted by Gasteiger charge is -2.17. The van der Waals surface area contributed by atoms with Crippen molar-refractivity contribution < 1.29 is 4.39 Å². The summed E-state index contributed by atoms with van der Waals surface area (Å²) in [4.78, 5) is 0. The molecule has 1 atom stereocenters. The Labute approximate surface area is 124 Å². The van der Waals surface area contributed by atoms with Gasteiger partial charge in [0.05, 0.1) is 0 Å². The van der Waals surface area contributed by atoms with Gasteiger partial charge >= 0.3 is 0 Å². The number of nitrogens with two attached hydrogens (primary N) is 1. The van der Waals surface area contributed by atoms with E-state index in [0.717, 1.165) is 6.42 Å². The molecule has 0 saturated carbocycles. The van der Waals surface area contributed by atoms with E-state index in [4.69, 9.17) is 5.73 Å². The lowest BCUT2D eigenvalue weighted by molar-refractivity contribution is 0.576. The van der Waals surface area contributed by atoms with E-state index in [0.29, 0.717) is 12.1 Å². The van der Waals surface area contributed by atoms with Crippen LogP contribution < -0.4 is 5.73 Å². The van der Waals surface area contributed by atoms with Crippen LogP contribution in [0.4, 0.5) is 4.39 Å². The number of benzene rings is 3. The Balaban J connectivity index is 1.98. The summed E-state index contributed by atoms with van der Waals surface area (Å²) in [6.07, 6.45) is 0.749. The first-order valence-electron chi connectivity index (χ1n) is 7.20. The molecule has 0 aliphatic carbocycles. The molecule has 0 fully saturated rings. The van der Waals surface area contributed by atoms with Crippen molar-refractivity contribution in [3.63, 3.8) is 0 Å². The number of hydrogen-bond acceptors (Lipinski definition) is 1. The predicted molar refractivity (Wildman–Crippen MR) is 85.8 cm³/mol. The van der Waals surface area contributed by atoms with Crippen molar-refractivity contribution in [2.45, 2.75) is 12.3 Å². The molecule has 1 unspecified atom stereocenters. The maximum Gasteiger partial charge on any atom is 0.126 e. The maximum absolute atomic E-state index is 14.0. The predicted octanol–water partition coefficient (Wildman–Crippen LogP) is 4.26. The first-order valence-corrected chi connectivity index (χ1v) is 7.20. The molecule has 0 saturated heterocycles. The van der Waals surface area contributed by atoms with Crippen LogP contribution in [0.5, 0.6) is 0 Å². The second-order valence-electron chi connectivity index (χ2n) is 5.30. The highest BCUT2D eigenvalue weighted by Gasteiger charge is 2.15. The van der Waals surface area contributed by atoms with E-state index in [1.165, 1.54) is 22.4 Å². The third kappa shape index (κ3) is 2.81. The van der Waals surface area contributed by atoms with Gasteiger partial charge in [-0.3, -0.25) is 0 Å². The molecule has 0 spiro atoms. The van der Waals surface area contributed by atoms with Gasteiger partial charge in [0.2, 0.25) is 0 Å². The molecule has 2 N–H and O–H groups in total. The summed E-state index contributed by atoms with van der Waals surface area (Å²) < 4.78 is 14.0. The van der Waals surface area contributed by atoms with Gasteiger partial charge in [0.15, 0.2) is 0 Å². The van der Waals surface area contributed by atoms with Crippen molar-refractivity contribution >= 4 is 10.8 Å². The molecule has 106 valence electrons. The molecule has 0 radical (unpaired) electrons. The summed E-state index contributed by atoms with van der Waals surface area (Å²) in [6.45, 7) is 0.435. The second kappa shape index (κ2) is 6.06. The lowest BCUT2D eigenvalue weighted by Crippen LogP contribution is -2.16. The van der Waals surface area contributed by atoms with Gasteiger partial charge in [-0.2, -0.15) is 0 Å². The quantitative estimate of drug-likeness (QED) is 0.758. The molecule has 3 aromatic rings. The van der Waals surface area contributed by atoms with Gasteiger partial charge in [-0.15, -0.1) is 0 Å². The minimum atomic E-state index is -0.173. The molecular weight excluding hydrogens is 261 g/mol. The van der Waals surface area contributed by atoms with E-state index < -0.39 is 0 Å². The van der Waals surface area contributed by atoms with Crippen LogP contribution in [0.2, 0.25) is 0 Å². The Morgan fingerprint density at radius 1 is 0.857 bits per heavy atom. The highest BCUT2D eigenvalue weighted by atomic mass is 19.1. The van der Waals surface area contributed by atoms with Gasteiger partial charge in [0, 0.05) is 5.92 Å². The monoisotopic (exact) mass is 279 g/mol. The van der Waals surface area contributed by atoms with Crippen LogP contribution >= 0.6 is 0 Å². The Morgan fingerprint density at radius 3 is 2.38 bits per heavy atom. The normalized spacial score (nSPS) is 12.5. The van der Waals surface area contributed by atoms with Gasteiger partial charge < -0.3 is 5.73 Å². The van der Waals surface area contributed by atoms with Gasteiger partial charge in [-0.25, -0.2) is 4.39 Å². The number of halogens is 1. The minimum absolute atomic E-state index is 0.00277. The van der Waals surface area contributed by atoms with Crippen LogP contribution in [-0.4, -0.2) is 6.54 Å². The third-order valence-corrected chi connectivity index (χ3v) is 3.98. The Bertz CT molecular complexity index is 746. The molecule has 0 aliphatic rings. The zero-order valence-corrected chi connectivity index (χ0v) is 11.8. The smallest absolute Gasteiger partial charge is 0.126 e. The molecule has 0 amide bonds. The Hall–Kier alpha value is -2.19. The average Bonchev–Trinajstić information content (AvgIpc) is 2.53. The standard InChI is InChI=1S/C19H18FN/c20-19-11-4-3-10-18(19)16(13-21)12-15-8-5-7-14-6-1-2-9-17(14)15/h1-11,16H,12-13,21H2. The molecule has 3 rings (SSSR count). The highest BCUT2D eigenvalue weighted by molar-refractivity contribution is 5.85. The Kier molecular flexibility index (Phi) is 3.98. The molecular formula is C19H18FN. The summed E-state index contributed by atoms with van der Waals surface area (Å²) in [5.41, 5.74) is 7.82. The van der Waals surface area contributed by atoms with Crippen LogP contribution in [0.15, 0.2) is 66.7 Å². The molecule has 3 aromatic carbocycles. The summed E-state index contributed by atoms with van der Waals surface area (Å²) in [5.74, 6) is -0.176. The SMILES string of the molecule is NCC(Cc1cccc2ccccc12)c1ccccc1F. The van der Waals surface area contributed by atoms with Crippen LogP contribution in [-0.2, 0) is 6.42 Å². The van der Waals surface area contributed by atoms with E-state index in [9.17, 15) is 4.39 Å². The van der Waals surface area contributed by atoms with Crippen LogP contribution in [0.25, 0.3) is 10.8 Å². The van der Waals surface area contributed by atoms with E-state index in [1.807, 2.05) is 30.3 Å². The van der Waals surface area contributed by atoms with E-state index in [-0.39, 0.29) is 11.7 Å². The molecule has 0 aromatic heterocycles. The second-order valence-corrected chi connectivity index (χ2v) is 5.30. The van der Waals surface area contributed by atoms with Crippen molar-refractivity contribution in [2.75, 3.05) is 6.54 Å². The van der Waals surface area contributed by atoms with Crippen molar-refractivity contribution in [3.8, 4) is 0 Å². The first kappa shape index (κ1) is 13.8. The third-order valence-electron chi connectivity index (χ3n) is 3.98. The molecule has 0 bridgehead atoms. The minimum Gasteiger partial charge on any atom is -0.330 e. The van der Waals surface area contributed by atoms with E-state index >= 15 is 0 Å². The fourth-order valence-corrected chi connectivity index (χ4v) is 2.86. The van der Waals surface area contributed by atoms with Crippen LogP contribution in [0, 0.1) is 5.82 Å². The van der Waals surface area contributed by atoms with Crippen molar-refractivity contribution in [1.29, 1.82) is 0 Å². The fourth-order valence-electron chi connectivity index (χ4n) is 2.86. The number of hydrogen-bond donors (Lipinski definition) is 1. The topological polar surface area (TPSA) is 26.0 Å². The zero-order valence-electron chi connectivity index (χ0n) is 11.8. The van der Waals surface area contributed by atoms with Crippen LogP contribution in [0.1, 0.15) is 17.0 Å². The molecule has 2 heteroatoms. The molecule has 1 nitrogen and oxygen atoms in total. The van der Waals surface area contributed by atoms with Crippen molar-refractivity contribution in [3.05, 3.63) is 83.7 Å². The zero-order chi connectivity index (χ0) is 14.7. The largest absolute Gasteiger partial charge is 0.330 e. The molecule has 0 heterocycles. The first-order chi connectivity index (χ1) is 10.3. The molecule has 0 aliphatic heterocycles. The summed E-state index contributed by atoms with van der Waals surface area (Å²) in [7, 11) is 0. The van der Waals surface area contributed by atoms with Crippen molar-refractivity contribution in [2.24, 2.45) is 5.73 Å². The molecule has 21 heavy (non-hydrogen) atoms. The van der Waals surface area contributed by atoms with Crippen molar-refractivity contribution in [1.82, 2.24) is 0 Å². The van der Waals surface area contributed by atoms with Gasteiger partial charge in [-0.1, -0.05) is 60.7 Å². The van der Waals surface area contributed by atoms with Gasteiger partial charge in [0.25, 0.3) is 0 Å². The fraction of sp³-hybridized carbons (Fsp3) is 0.158. The number of fused-ring (bicyclic) bond motifs is 1. The van der Waals surface area contributed by atoms with Gasteiger partial charge in [0.1, 0.15) is 5.82 Å². The Morgan fingerprint density at radius 2 is 1.57 bits per heavy atom. The summed E-state index contributed by atoms with van der Waals surface area (Å²) in [6, 6.07) is 21.4. The van der Waals surface area contributed by atoms with Crippen LogP contribution in [0.3, 0.4) is 0 Å². The summed E-state index contributed by atoms with van der Waals surface area (Å²) in [5, 5.41) is 2.43. The van der Waals surface area contributed by atoms with E-state index in [1.54, 1.807) is 6.07 Å².